The molecule has 27 heavy (non-hydrogen) atoms. The topological polar surface area (TPSA) is 122 Å². The molecule has 3 aromatic heterocycles. The molecule has 1 amide bonds. The molecule has 0 aliphatic heterocycles. The van der Waals surface area contributed by atoms with Crippen LogP contribution in [0.3, 0.4) is 0 Å². The lowest BCUT2D eigenvalue weighted by Crippen LogP contribution is -2.39. The van der Waals surface area contributed by atoms with Gasteiger partial charge in [0.15, 0.2) is 5.69 Å². The fourth-order valence-corrected chi connectivity index (χ4v) is 3.41. The second kappa shape index (κ2) is 7.55. The third-order valence-electron chi connectivity index (χ3n) is 4.79. The summed E-state index contributed by atoms with van der Waals surface area (Å²) in [5.74, 6) is 0.382. The van der Waals surface area contributed by atoms with Crippen LogP contribution in [0.5, 0.6) is 0 Å². The number of amides is 1. The Hall–Kier alpha value is -3.25. The van der Waals surface area contributed by atoms with E-state index in [-0.39, 0.29) is 24.7 Å². The van der Waals surface area contributed by atoms with Crippen LogP contribution in [0.25, 0.3) is 16.7 Å². The van der Waals surface area contributed by atoms with Crippen molar-refractivity contribution in [3.05, 3.63) is 36.7 Å². The zero-order chi connectivity index (χ0) is 18.6. The lowest BCUT2D eigenvalue weighted by molar-refractivity contribution is 0.0411. The number of fused-ring (bicyclic) bond motifs is 1. The van der Waals surface area contributed by atoms with Crippen LogP contribution in [-0.4, -0.2) is 49.4 Å². The molecule has 0 bridgehead atoms. The van der Waals surface area contributed by atoms with Crippen LogP contribution < -0.4 is 5.32 Å². The summed E-state index contributed by atoms with van der Waals surface area (Å²) in [5.41, 5.74) is 0.930. The highest BCUT2D eigenvalue weighted by atomic mass is 16.5. The summed E-state index contributed by atoms with van der Waals surface area (Å²) in [4.78, 5) is 21.4. The number of hydrogen-bond acceptors (Lipinski definition) is 6. The van der Waals surface area contributed by atoms with Gasteiger partial charge in [0.1, 0.15) is 18.8 Å². The summed E-state index contributed by atoms with van der Waals surface area (Å²) in [5, 5.41) is 19.4. The Morgan fingerprint density at radius 2 is 2.26 bits per heavy atom. The fraction of sp³-hybridized carbons (Fsp3) is 0.389. The van der Waals surface area contributed by atoms with Gasteiger partial charge < -0.3 is 10.1 Å². The van der Waals surface area contributed by atoms with Gasteiger partial charge in [0, 0.05) is 23.8 Å². The molecule has 3 heterocycles. The third kappa shape index (κ3) is 3.66. The first-order valence-corrected chi connectivity index (χ1v) is 8.86. The van der Waals surface area contributed by atoms with E-state index in [1.807, 2.05) is 12.1 Å². The first kappa shape index (κ1) is 17.2. The molecule has 138 valence electrons. The predicted octanol–water partition coefficient (Wildman–Crippen LogP) is 1.72. The van der Waals surface area contributed by atoms with E-state index in [2.05, 4.69) is 25.5 Å². The number of imidazole rings is 1. The van der Waals surface area contributed by atoms with E-state index >= 15 is 0 Å². The van der Waals surface area contributed by atoms with Crippen molar-refractivity contribution in [2.75, 3.05) is 6.61 Å². The van der Waals surface area contributed by atoms with Gasteiger partial charge in [0.25, 0.3) is 5.91 Å². The number of H-pyrrole nitrogens is 1. The van der Waals surface area contributed by atoms with Crippen LogP contribution >= 0.6 is 0 Å². The number of rotatable bonds is 5. The van der Waals surface area contributed by atoms with E-state index < -0.39 is 0 Å². The number of aromatic nitrogens is 5. The largest absolute Gasteiger partial charge is 0.363 e. The van der Waals surface area contributed by atoms with Crippen molar-refractivity contribution < 1.29 is 9.53 Å². The zero-order valence-corrected chi connectivity index (χ0v) is 14.6. The third-order valence-corrected chi connectivity index (χ3v) is 4.79. The Balaban J connectivity index is 1.50. The maximum atomic E-state index is 12.9. The first-order valence-electron chi connectivity index (χ1n) is 8.86. The zero-order valence-electron chi connectivity index (χ0n) is 14.6. The minimum atomic E-state index is -0.229. The quantitative estimate of drug-likeness (QED) is 0.710. The monoisotopic (exact) mass is 365 g/mol. The van der Waals surface area contributed by atoms with Crippen LogP contribution in [0.2, 0.25) is 0 Å². The number of nitriles is 1. The van der Waals surface area contributed by atoms with E-state index in [0.29, 0.717) is 17.0 Å². The van der Waals surface area contributed by atoms with Crippen molar-refractivity contribution in [3.8, 4) is 11.9 Å². The molecule has 1 saturated carbocycles. The summed E-state index contributed by atoms with van der Waals surface area (Å²) in [6.45, 7) is 0.116. The number of aromatic amines is 1. The molecule has 0 spiro atoms. The van der Waals surface area contributed by atoms with Gasteiger partial charge in [-0.05, 0) is 31.7 Å². The number of nitrogens with zero attached hydrogens (tertiary/aromatic N) is 5. The Morgan fingerprint density at radius 1 is 1.41 bits per heavy atom. The van der Waals surface area contributed by atoms with E-state index in [9.17, 15) is 4.79 Å². The average Bonchev–Trinajstić information content (AvgIpc) is 3.38. The van der Waals surface area contributed by atoms with E-state index in [1.165, 1.54) is 0 Å². The number of ether oxygens (including phenoxy) is 1. The van der Waals surface area contributed by atoms with Gasteiger partial charge in [-0.25, -0.2) is 9.97 Å². The maximum Gasteiger partial charge on any atom is 0.272 e. The van der Waals surface area contributed by atoms with E-state index in [1.54, 1.807) is 29.5 Å². The Bertz CT molecular complexity index is 965. The molecule has 0 aromatic carbocycles. The normalized spacial score (nSPS) is 19.7. The second-order valence-electron chi connectivity index (χ2n) is 6.55. The van der Waals surface area contributed by atoms with Crippen molar-refractivity contribution >= 4 is 16.8 Å². The van der Waals surface area contributed by atoms with Crippen LogP contribution in [0.4, 0.5) is 0 Å². The number of hydrogen-bond donors (Lipinski definition) is 2. The van der Waals surface area contributed by atoms with Crippen LogP contribution in [0.1, 0.15) is 36.2 Å². The highest BCUT2D eigenvalue weighted by Gasteiger charge is 2.25. The molecule has 0 atom stereocenters. The smallest absolute Gasteiger partial charge is 0.272 e. The number of carbonyl (C=O) groups excluding carboxylic acids is 1. The van der Waals surface area contributed by atoms with E-state index in [0.717, 1.165) is 31.1 Å². The molecule has 9 nitrogen and oxygen atoms in total. The molecule has 3 aromatic rings. The molecule has 1 aliphatic carbocycles. The van der Waals surface area contributed by atoms with Crippen LogP contribution in [0.15, 0.2) is 31.0 Å². The molecule has 1 fully saturated rings. The van der Waals surface area contributed by atoms with Crippen molar-refractivity contribution in [1.82, 2.24) is 30.0 Å². The predicted molar refractivity (Wildman–Crippen MR) is 96.1 cm³/mol. The molecule has 4 rings (SSSR count). The molecule has 0 saturated heterocycles. The van der Waals surface area contributed by atoms with Gasteiger partial charge in [0.2, 0.25) is 0 Å². The van der Waals surface area contributed by atoms with Gasteiger partial charge >= 0.3 is 0 Å². The first-order chi connectivity index (χ1) is 13.2. The lowest BCUT2D eigenvalue weighted by Gasteiger charge is -2.28. The molecule has 0 radical (unpaired) electrons. The van der Waals surface area contributed by atoms with Gasteiger partial charge in [-0.1, -0.05) is 0 Å². The number of pyridine rings is 1. The molecular weight excluding hydrogens is 346 g/mol. The lowest BCUT2D eigenvalue weighted by atomic mass is 9.93. The summed E-state index contributed by atoms with van der Waals surface area (Å²) < 4.78 is 7.22. The standard InChI is InChI=1S/C18H19N7O2/c19-5-8-27-14-3-1-13(2-4-14)22-18(26)17-16-12(10-21-24-16)9-15(23-17)25-7-6-20-11-25/h6-7,9-11,13-14H,1-4,8H2,(H,21,24)(H,22,26)/t13-,14-. The Labute approximate surface area is 155 Å². The summed E-state index contributed by atoms with van der Waals surface area (Å²) in [7, 11) is 0. The molecule has 1 aliphatic rings. The van der Waals surface area contributed by atoms with Gasteiger partial charge in [-0.15, -0.1) is 0 Å². The molecular formula is C18H19N7O2. The van der Waals surface area contributed by atoms with Crippen molar-refractivity contribution in [2.24, 2.45) is 0 Å². The van der Waals surface area contributed by atoms with Gasteiger partial charge in [-0.3, -0.25) is 14.5 Å². The minimum Gasteiger partial charge on any atom is -0.363 e. The van der Waals surface area contributed by atoms with Gasteiger partial charge in [-0.2, -0.15) is 10.4 Å². The Kier molecular flexibility index (Phi) is 4.80. The molecule has 0 unspecified atom stereocenters. The van der Waals surface area contributed by atoms with Gasteiger partial charge in [0.05, 0.1) is 23.9 Å². The minimum absolute atomic E-state index is 0.0658. The highest BCUT2D eigenvalue weighted by molar-refractivity contribution is 6.04. The second-order valence-corrected chi connectivity index (χ2v) is 6.55. The molecule has 2 N–H and O–H groups in total. The summed E-state index contributed by atoms with van der Waals surface area (Å²) >= 11 is 0. The fourth-order valence-electron chi connectivity index (χ4n) is 3.41. The van der Waals surface area contributed by atoms with Crippen molar-refractivity contribution in [3.63, 3.8) is 0 Å². The summed E-state index contributed by atoms with van der Waals surface area (Å²) in [6, 6.07) is 3.92. The van der Waals surface area contributed by atoms with E-state index in [4.69, 9.17) is 10.00 Å². The number of carbonyl (C=O) groups is 1. The SMILES string of the molecule is N#CCO[C@H]1CC[C@H](NC(=O)c2nc(-n3ccnc3)cc3cn[nH]c23)CC1. The van der Waals surface area contributed by atoms with Crippen LogP contribution in [0, 0.1) is 11.3 Å². The Morgan fingerprint density at radius 3 is 3.00 bits per heavy atom. The average molecular weight is 365 g/mol. The van der Waals surface area contributed by atoms with Crippen molar-refractivity contribution in [2.45, 2.75) is 37.8 Å². The summed E-state index contributed by atoms with van der Waals surface area (Å²) in [6.07, 6.45) is 10.1. The highest BCUT2D eigenvalue weighted by Crippen LogP contribution is 2.23. The van der Waals surface area contributed by atoms with Crippen molar-refractivity contribution in [1.29, 1.82) is 5.26 Å². The molecule has 9 heteroatoms. The van der Waals surface area contributed by atoms with Crippen LogP contribution in [-0.2, 0) is 4.74 Å². The number of nitrogens with one attached hydrogen (secondary N) is 2. The maximum absolute atomic E-state index is 12.9.